The maximum Gasteiger partial charge on any atom is 0.137 e. The van der Waals surface area contributed by atoms with Crippen molar-refractivity contribution in [2.45, 2.75) is 0 Å². The van der Waals surface area contributed by atoms with Crippen LogP contribution in [-0.2, 0) is 0 Å². The van der Waals surface area contributed by atoms with Gasteiger partial charge in [-0.1, -0.05) is 121 Å². The minimum atomic E-state index is 0.843. The van der Waals surface area contributed by atoms with Gasteiger partial charge in [-0.25, -0.2) is 0 Å². The standard InChI is InChI=1S/C52H32N2O2/c1-2-15-34-31-50-42(30-33(34)14-1)52-41(20-13-27-49(52)56-50)38-18-5-7-21-43(38)53(35-28-29-40-39-19-6-12-26-48(39)55-51(40)32-35)46-24-10-11-25-47(46)54-44-22-8-3-16-36(44)37-17-4-9-23-45(37)54/h1-32H. The summed E-state index contributed by atoms with van der Waals surface area (Å²) in [7, 11) is 0. The summed E-state index contributed by atoms with van der Waals surface area (Å²) in [5, 5.41) is 9.20. The molecule has 0 saturated carbocycles. The molecule has 0 atom stereocenters. The van der Waals surface area contributed by atoms with Gasteiger partial charge in [-0.3, -0.25) is 0 Å². The number of rotatable bonds is 5. The number of hydrogen-bond donors (Lipinski definition) is 0. The van der Waals surface area contributed by atoms with E-state index in [4.69, 9.17) is 8.83 Å². The summed E-state index contributed by atoms with van der Waals surface area (Å²) in [6.07, 6.45) is 0. The molecule has 0 unspecified atom stereocenters. The summed E-state index contributed by atoms with van der Waals surface area (Å²) >= 11 is 0. The van der Waals surface area contributed by atoms with E-state index in [0.717, 1.165) is 94.2 Å². The molecule has 0 aliphatic rings. The molecule has 0 bridgehead atoms. The Morgan fingerprint density at radius 1 is 0.357 bits per heavy atom. The van der Waals surface area contributed by atoms with Crippen LogP contribution in [0.25, 0.3) is 93.3 Å². The molecule has 0 spiro atoms. The topological polar surface area (TPSA) is 34.5 Å². The minimum Gasteiger partial charge on any atom is -0.456 e. The van der Waals surface area contributed by atoms with Crippen LogP contribution >= 0.6 is 0 Å². The maximum atomic E-state index is 6.59. The second-order valence-corrected chi connectivity index (χ2v) is 14.5. The van der Waals surface area contributed by atoms with E-state index in [1.807, 2.05) is 12.1 Å². The van der Waals surface area contributed by atoms with E-state index in [1.165, 1.54) is 16.2 Å². The number of furan rings is 2. The Morgan fingerprint density at radius 3 is 1.75 bits per heavy atom. The second kappa shape index (κ2) is 12.0. The van der Waals surface area contributed by atoms with Crippen LogP contribution in [0.5, 0.6) is 0 Å². The second-order valence-electron chi connectivity index (χ2n) is 14.5. The van der Waals surface area contributed by atoms with Crippen LogP contribution in [0.4, 0.5) is 17.1 Å². The Morgan fingerprint density at radius 2 is 0.929 bits per heavy atom. The van der Waals surface area contributed by atoms with Crippen molar-refractivity contribution < 1.29 is 8.83 Å². The van der Waals surface area contributed by atoms with Crippen molar-refractivity contribution in [2.24, 2.45) is 0 Å². The zero-order chi connectivity index (χ0) is 36.7. The number of hydrogen-bond acceptors (Lipinski definition) is 3. The quantitative estimate of drug-likeness (QED) is 0.178. The number of para-hydroxylation sites is 6. The van der Waals surface area contributed by atoms with Gasteiger partial charge >= 0.3 is 0 Å². The van der Waals surface area contributed by atoms with Crippen LogP contribution in [0.15, 0.2) is 203 Å². The first-order chi connectivity index (χ1) is 27.8. The predicted molar refractivity (Wildman–Crippen MR) is 233 cm³/mol. The summed E-state index contributed by atoms with van der Waals surface area (Å²) in [5.74, 6) is 0. The van der Waals surface area contributed by atoms with Crippen molar-refractivity contribution in [1.29, 1.82) is 0 Å². The predicted octanol–water partition coefficient (Wildman–Crippen LogP) is 14.9. The van der Waals surface area contributed by atoms with E-state index < -0.39 is 0 Å². The van der Waals surface area contributed by atoms with E-state index in [2.05, 4.69) is 191 Å². The monoisotopic (exact) mass is 716 g/mol. The van der Waals surface area contributed by atoms with Gasteiger partial charge < -0.3 is 18.3 Å². The Kier molecular flexibility index (Phi) is 6.60. The molecular weight excluding hydrogens is 685 g/mol. The Bertz CT molecular complexity index is 3460. The first-order valence-corrected chi connectivity index (χ1v) is 19.0. The fourth-order valence-electron chi connectivity index (χ4n) is 8.92. The third-order valence-corrected chi connectivity index (χ3v) is 11.4. The average molecular weight is 717 g/mol. The lowest BCUT2D eigenvalue weighted by atomic mass is 9.96. The van der Waals surface area contributed by atoms with Gasteiger partial charge in [0.25, 0.3) is 0 Å². The van der Waals surface area contributed by atoms with Gasteiger partial charge in [0.05, 0.1) is 28.1 Å². The third kappa shape index (κ3) is 4.53. The van der Waals surface area contributed by atoms with Gasteiger partial charge in [0.15, 0.2) is 0 Å². The summed E-state index contributed by atoms with van der Waals surface area (Å²) in [5.41, 5.74) is 12.1. The van der Waals surface area contributed by atoms with Crippen molar-refractivity contribution in [2.75, 3.05) is 4.90 Å². The fourth-order valence-corrected chi connectivity index (χ4v) is 8.92. The van der Waals surface area contributed by atoms with Crippen LogP contribution in [0, 0.1) is 0 Å². The van der Waals surface area contributed by atoms with Crippen molar-refractivity contribution >= 4 is 93.5 Å². The highest BCUT2D eigenvalue weighted by molar-refractivity contribution is 6.17. The van der Waals surface area contributed by atoms with E-state index >= 15 is 0 Å². The normalized spacial score (nSPS) is 11.9. The molecule has 0 amide bonds. The highest BCUT2D eigenvalue weighted by Gasteiger charge is 2.25. The van der Waals surface area contributed by atoms with Gasteiger partial charge in [-0.2, -0.15) is 0 Å². The summed E-state index contributed by atoms with van der Waals surface area (Å²) in [6, 6.07) is 69.1. The third-order valence-electron chi connectivity index (χ3n) is 11.4. The van der Waals surface area contributed by atoms with Crippen molar-refractivity contribution in [3.63, 3.8) is 0 Å². The molecule has 9 aromatic carbocycles. The van der Waals surface area contributed by atoms with E-state index in [0.29, 0.717) is 0 Å². The van der Waals surface area contributed by atoms with Crippen molar-refractivity contribution in [3.05, 3.63) is 194 Å². The number of nitrogens with zero attached hydrogens (tertiary/aromatic N) is 2. The summed E-state index contributed by atoms with van der Waals surface area (Å²) in [6.45, 7) is 0. The molecule has 0 aliphatic carbocycles. The molecule has 0 saturated heterocycles. The summed E-state index contributed by atoms with van der Waals surface area (Å²) in [4.78, 5) is 2.40. The summed E-state index contributed by atoms with van der Waals surface area (Å²) < 4.78 is 15.5. The smallest absolute Gasteiger partial charge is 0.137 e. The van der Waals surface area contributed by atoms with Crippen LogP contribution in [0.2, 0.25) is 0 Å². The lowest BCUT2D eigenvalue weighted by molar-refractivity contribution is 0.669. The van der Waals surface area contributed by atoms with Crippen molar-refractivity contribution in [3.8, 4) is 16.8 Å². The first-order valence-electron chi connectivity index (χ1n) is 19.0. The fraction of sp³-hybridized carbons (Fsp3) is 0. The Balaban J connectivity index is 1.16. The molecule has 12 aromatic rings. The van der Waals surface area contributed by atoms with Crippen molar-refractivity contribution in [1.82, 2.24) is 4.57 Å². The molecule has 0 fully saturated rings. The molecule has 0 N–H and O–H groups in total. The largest absolute Gasteiger partial charge is 0.456 e. The zero-order valence-electron chi connectivity index (χ0n) is 30.2. The van der Waals surface area contributed by atoms with Crippen LogP contribution in [0.1, 0.15) is 0 Å². The molecule has 3 aromatic heterocycles. The number of fused-ring (bicyclic) bond motifs is 10. The molecular formula is C52H32N2O2. The minimum absolute atomic E-state index is 0.843. The van der Waals surface area contributed by atoms with Crippen LogP contribution < -0.4 is 4.90 Å². The van der Waals surface area contributed by atoms with Gasteiger partial charge in [-0.05, 0) is 83.1 Å². The number of anilines is 3. The molecule has 56 heavy (non-hydrogen) atoms. The van der Waals surface area contributed by atoms with Gasteiger partial charge in [-0.15, -0.1) is 0 Å². The highest BCUT2D eigenvalue weighted by Crippen LogP contribution is 2.48. The Labute approximate surface area is 321 Å². The van der Waals surface area contributed by atoms with E-state index in [9.17, 15) is 0 Å². The van der Waals surface area contributed by atoms with E-state index in [1.54, 1.807) is 0 Å². The van der Waals surface area contributed by atoms with Gasteiger partial charge in [0, 0.05) is 49.6 Å². The molecule has 0 aliphatic heterocycles. The molecule has 3 heterocycles. The Hall–Kier alpha value is -7.56. The maximum absolute atomic E-state index is 6.59. The molecule has 262 valence electrons. The van der Waals surface area contributed by atoms with Crippen LogP contribution in [-0.4, -0.2) is 4.57 Å². The van der Waals surface area contributed by atoms with Gasteiger partial charge in [0.2, 0.25) is 0 Å². The van der Waals surface area contributed by atoms with E-state index in [-0.39, 0.29) is 0 Å². The molecule has 4 heteroatoms. The average Bonchev–Trinajstić information content (AvgIpc) is 3.92. The SMILES string of the molecule is c1ccc(N(c2ccc3c(c2)oc2ccccc23)c2ccccc2-n2c3ccccc3c3ccccc32)c(-c2cccc3oc4cc5ccccc5cc4c23)c1. The lowest BCUT2D eigenvalue weighted by Gasteiger charge is -2.30. The molecule has 12 rings (SSSR count). The highest BCUT2D eigenvalue weighted by atomic mass is 16.3. The van der Waals surface area contributed by atoms with Crippen LogP contribution in [0.3, 0.4) is 0 Å². The molecule has 4 nitrogen and oxygen atoms in total. The molecule has 0 radical (unpaired) electrons. The van der Waals surface area contributed by atoms with Gasteiger partial charge in [0.1, 0.15) is 22.3 Å². The zero-order valence-corrected chi connectivity index (χ0v) is 30.2. The number of aromatic nitrogens is 1. The number of benzene rings is 9. The first kappa shape index (κ1) is 30.9. The lowest BCUT2D eigenvalue weighted by Crippen LogP contribution is -2.14.